The molecule has 11 heteroatoms. The zero-order valence-corrected chi connectivity index (χ0v) is 23.7. The van der Waals surface area contributed by atoms with Gasteiger partial charge in [-0.2, -0.15) is 0 Å². The summed E-state index contributed by atoms with van der Waals surface area (Å²) in [6.45, 7) is 4.21. The number of phenolic OH excluding ortho intramolecular Hbond substituents is 1. The Morgan fingerprint density at radius 2 is 1.97 bits per heavy atom. The summed E-state index contributed by atoms with van der Waals surface area (Å²) < 4.78 is 23.9. The third-order valence-electron chi connectivity index (χ3n) is 5.84. The van der Waals surface area contributed by atoms with Crippen molar-refractivity contribution < 1.29 is 28.8 Å². The van der Waals surface area contributed by atoms with Crippen molar-refractivity contribution in [1.29, 1.82) is 0 Å². The lowest BCUT2D eigenvalue weighted by atomic mass is 9.95. The van der Waals surface area contributed by atoms with Crippen LogP contribution in [0.25, 0.3) is 6.08 Å². The van der Waals surface area contributed by atoms with Gasteiger partial charge in [0.15, 0.2) is 16.3 Å². The van der Waals surface area contributed by atoms with E-state index in [4.69, 9.17) is 18.9 Å². The van der Waals surface area contributed by atoms with E-state index >= 15 is 0 Å². The van der Waals surface area contributed by atoms with E-state index in [2.05, 4.69) is 20.9 Å². The largest absolute Gasteiger partial charge is 0.503 e. The minimum absolute atomic E-state index is 0.0196. The maximum Gasteiger partial charge on any atom is 0.338 e. The number of ether oxygens (including phenoxy) is 4. The standard InChI is InChI=1S/C27H27BrN2O7S/c1-5-36-20-13-16(12-18(28)24(20)31)14-21-25(32)30-23(17-8-6-7-9-19(17)35-4)22(15(2)29-27(30)38-21)26(33)37-11-10-34-3/h6-9,12-14,23,31H,5,10-11H2,1-4H3. The van der Waals surface area contributed by atoms with Gasteiger partial charge in [0.25, 0.3) is 5.56 Å². The van der Waals surface area contributed by atoms with Gasteiger partial charge in [0.05, 0.1) is 40.6 Å². The fourth-order valence-electron chi connectivity index (χ4n) is 4.16. The molecule has 0 amide bonds. The van der Waals surface area contributed by atoms with Crippen LogP contribution in [0.1, 0.15) is 31.0 Å². The number of carbonyl (C=O) groups excluding carboxylic acids is 1. The molecular weight excluding hydrogens is 576 g/mol. The number of allylic oxidation sites excluding steroid dienone is 1. The SMILES string of the molecule is CCOc1cc(C=c2sc3n(c2=O)C(c2ccccc2OC)C(C(=O)OCCOC)=C(C)N=3)cc(Br)c1O. The molecule has 0 aliphatic carbocycles. The second-order valence-corrected chi connectivity index (χ2v) is 10.1. The van der Waals surface area contributed by atoms with Crippen LogP contribution < -0.4 is 24.4 Å². The van der Waals surface area contributed by atoms with Crippen LogP contribution in [-0.2, 0) is 14.3 Å². The van der Waals surface area contributed by atoms with Crippen molar-refractivity contribution in [1.82, 2.24) is 4.57 Å². The number of esters is 1. The second-order valence-electron chi connectivity index (χ2n) is 8.23. The highest BCUT2D eigenvalue weighted by Gasteiger charge is 2.35. The van der Waals surface area contributed by atoms with Gasteiger partial charge in [0.1, 0.15) is 18.4 Å². The predicted octanol–water partition coefficient (Wildman–Crippen LogP) is 3.30. The molecular formula is C27H27BrN2O7S. The lowest BCUT2D eigenvalue weighted by Gasteiger charge is -2.26. The monoisotopic (exact) mass is 602 g/mol. The summed E-state index contributed by atoms with van der Waals surface area (Å²) in [5.41, 5.74) is 1.63. The number of phenols is 1. The first-order valence-corrected chi connectivity index (χ1v) is 13.4. The zero-order chi connectivity index (χ0) is 27.4. The van der Waals surface area contributed by atoms with Crippen LogP contribution in [0.3, 0.4) is 0 Å². The quantitative estimate of drug-likeness (QED) is 0.296. The normalized spacial score (nSPS) is 15.2. The molecule has 1 unspecified atom stereocenters. The highest BCUT2D eigenvalue weighted by molar-refractivity contribution is 9.10. The lowest BCUT2D eigenvalue weighted by Crippen LogP contribution is -2.40. The molecule has 1 aromatic heterocycles. The Balaban J connectivity index is 1.92. The number of aromatic nitrogens is 1. The summed E-state index contributed by atoms with van der Waals surface area (Å²) in [6.07, 6.45) is 1.70. The van der Waals surface area contributed by atoms with Crippen molar-refractivity contribution in [3.63, 3.8) is 0 Å². The third-order valence-corrected chi connectivity index (χ3v) is 7.43. The van der Waals surface area contributed by atoms with E-state index in [0.717, 1.165) is 0 Å². The molecule has 200 valence electrons. The first-order chi connectivity index (χ1) is 18.3. The van der Waals surface area contributed by atoms with Gasteiger partial charge in [-0.05, 0) is 59.6 Å². The lowest BCUT2D eigenvalue weighted by molar-refractivity contribution is -0.140. The van der Waals surface area contributed by atoms with Crippen LogP contribution in [-0.4, -0.2) is 49.7 Å². The van der Waals surface area contributed by atoms with E-state index in [9.17, 15) is 14.7 Å². The number of nitrogens with zero attached hydrogens (tertiary/aromatic N) is 2. The summed E-state index contributed by atoms with van der Waals surface area (Å²) in [5.74, 6) is 0.212. The summed E-state index contributed by atoms with van der Waals surface area (Å²) in [4.78, 5) is 32.1. The van der Waals surface area contributed by atoms with Crippen LogP contribution >= 0.6 is 27.3 Å². The summed E-state index contributed by atoms with van der Waals surface area (Å²) in [7, 11) is 3.06. The summed E-state index contributed by atoms with van der Waals surface area (Å²) in [5, 5.41) is 10.3. The zero-order valence-electron chi connectivity index (χ0n) is 21.3. The van der Waals surface area contributed by atoms with Crippen LogP contribution in [0, 0.1) is 0 Å². The van der Waals surface area contributed by atoms with Gasteiger partial charge in [-0.3, -0.25) is 9.36 Å². The Kier molecular flexibility index (Phi) is 8.70. The van der Waals surface area contributed by atoms with Crippen LogP contribution in [0.4, 0.5) is 0 Å². The predicted molar refractivity (Wildman–Crippen MR) is 147 cm³/mol. The first kappa shape index (κ1) is 27.6. The Labute approximate surface area is 231 Å². The van der Waals surface area contributed by atoms with Crippen molar-refractivity contribution >= 4 is 39.3 Å². The van der Waals surface area contributed by atoms with E-state index < -0.39 is 12.0 Å². The average molecular weight is 603 g/mol. The Morgan fingerprint density at radius 1 is 1.21 bits per heavy atom. The van der Waals surface area contributed by atoms with Gasteiger partial charge in [-0.15, -0.1) is 0 Å². The summed E-state index contributed by atoms with van der Waals surface area (Å²) >= 11 is 4.54. The van der Waals surface area contributed by atoms with Crippen LogP contribution in [0.2, 0.25) is 0 Å². The number of carbonyl (C=O) groups is 1. The molecule has 0 bridgehead atoms. The van der Waals surface area contributed by atoms with Crippen molar-refractivity contribution in [2.75, 3.05) is 34.0 Å². The Morgan fingerprint density at radius 3 is 2.68 bits per heavy atom. The number of aromatic hydroxyl groups is 1. The molecule has 9 nitrogen and oxygen atoms in total. The van der Waals surface area contributed by atoms with E-state index in [0.29, 0.717) is 48.7 Å². The number of para-hydroxylation sites is 1. The number of rotatable bonds is 9. The molecule has 1 atom stereocenters. The van der Waals surface area contributed by atoms with Crippen molar-refractivity contribution in [2.45, 2.75) is 19.9 Å². The average Bonchev–Trinajstić information content (AvgIpc) is 3.20. The molecule has 0 fully saturated rings. The van der Waals surface area contributed by atoms with Gasteiger partial charge in [-0.25, -0.2) is 9.79 Å². The number of benzene rings is 2. The maximum atomic E-state index is 13.9. The number of halogens is 1. The fraction of sp³-hybridized carbons (Fsp3) is 0.296. The Bertz CT molecular complexity index is 1570. The number of hydrogen-bond donors (Lipinski definition) is 1. The number of thiazole rings is 1. The number of fused-ring (bicyclic) bond motifs is 1. The van der Waals surface area contributed by atoms with E-state index in [1.54, 1.807) is 31.2 Å². The van der Waals surface area contributed by atoms with Crippen molar-refractivity contribution in [3.05, 3.63) is 83.0 Å². The second kappa shape index (κ2) is 12.0. The molecule has 0 radical (unpaired) electrons. The maximum absolute atomic E-state index is 13.9. The molecule has 0 saturated heterocycles. The molecule has 38 heavy (non-hydrogen) atoms. The van der Waals surface area contributed by atoms with Gasteiger partial charge in [-0.1, -0.05) is 29.5 Å². The van der Waals surface area contributed by atoms with E-state index in [-0.39, 0.29) is 30.1 Å². The molecule has 1 aliphatic rings. The molecule has 2 aromatic carbocycles. The van der Waals surface area contributed by atoms with Crippen LogP contribution in [0.5, 0.6) is 17.2 Å². The molecule has 1 N–H and O–H groups in total. The fourth-order valence-corrected chi connectivity index (χ4v) is 5.67. The minimum atomic E-state index is -0.815. The van der Waals surface area contributed by atoms with Gasteiger partial charge >= 0.3 is 5.97 Å². The molecule has 0 saturated carbocycles. The van der Waals surface area contributed by atoms with Gasteiger partial charge < -0.3 is 24.1 Å². The third kappa shape index (κ3) is 5.40. The molecule has 3 aromatic rings. The molecule has 1 aliphatic heterocycles. The van der Waals surface area contributed by atoms with Crippen molar-refractivity contribution in [3.8, 4) is 17.2 Å². The molecule has 4 rings (SSSR count). The number of hydrogen-bond acceptors (Lipinski definition) is 9. The number of methoxy groups -OCH3 is 2. The Hall–Kier alpha value is -3.41. The first-order valence-electron chi connectivity index (χ1n) is 11.8. The smallest absolute Gasteiger partial charge is 0.338 e. The van der Waals surface area contributed by atoms with Gasteiger partial charge in [0, 0.05) is 12.7 Å². The van der Waals surface area contributed by atoms with E-state index in [1.165, 1.54) is 30.1 Å². The van der Waals surface area contributed by atoms with E-state index in [1.807, 2.05) is 25.1 Å². The highest BCUT2D eigenvalue weighted by Crippen LogP contribution is 2.37. The minimum Gasteiger partial charge on any atom is -0.503 e. The highest BCUT2D eigenvalue weighted by atomic mass is 79.9. The van der Waals surface area contributed by atoms with Gasteiger partial charge in [0.2, 0.25) is 0 Å². The molecule has 2 heterocycles. The topological polar surface area (TPSA) is 109 Å². The van der Waals surface area contributed by atoms with Crippen molar-refractivity contribution in [2.24, 2.45) is 4.99 Å². The summed E-state index contributed by atoms with van der Waals surface area (Å²) in [6, 6.07) is 9.76. The van der Waals surface area contributed by atoms with Crippen LogP contribution in [0.15, 0.2) is 61.9 Å². The molecule has 0 spiro atoms.